The Bertz CT molecular complexity index is 792. The highest BCUT2D eigenvalue weighted by Gasteiger charge is 2.34. The molecule has 1 heterocycles. The Morgan fingerprint density at radius 2 is 1.85 bits per heavy atom. The van der Waals surface area contributed by atoms with Gasteiger partial charge in [-0.1, -0.05) is 56.5 Å². The number of hydrogen-bond acceptors (Lipinski definition) is 3. The lowest BCUT2D eigenvalue weighted by atomic mass is 9.69. The van der Waals surface area contributed by atoms with Crippen LogP contribution < -0.4 is 10.9 Å². The maximum absolute atomic E-state index is 12.6. The number of carbonyl (C=O) groups is 1. The van der Waals surface area contributed by atoms with E-state index < -0.39 is 0 Å². The molecule has 1 aliphatic carbocycles. The number of carbonyl (C=O) groups excluding carboxylic acids is 1. The third kappa shape index (κ3) is 4.03. The second-order valence-corrected chi connectivity index (χ2v) is 7.17. The van der Waals surface area contributed by atoms with Crippen molar-refractivity contribution < 1.29 is 4.79 Å². The summed E-state index contributed by atoms with van der Waals surface area (Å²) < 4.78 is 1.36. The van der Waals surface area contributed by atoms with E-state index in [0.717, 1.165) is 19.3 Å². The van der Waals surface area contributed by atoms with Crippen LogP contribution in [0.15, 0.2) is 47.3 Å². The summed E-state index contributed by atoms with van der Waals surface area (Å²) >= 11 is 0. The summed E-state index contributed by atoms with van der Waals surface area (Å²) in [5, 5.41) is 7.29. The lowest BCUT2D eigenvalue weighted by molar-refractivity contribution is 0.0929. The monoisotopic (exact) mass is 353 g/mol. The Hall–Kier alpha value is -2.43. The van der Waals surface area contributed by atoms with Crippen molar-refractivity contribution in [3.05, 3.63) is 64.1 Å². The molecule has 0 unspecified atom stereocenters. The van der Waals surface area contributed by atoms with Crippen LogP contribution in [0, 0.1) is 0 Å². The number of nitrogens with one attached hydrogen (secondary N) is 1. The first-order valence-electron chi connectivity index (χ1n) is 9.56. The summed E-state index contributed by atoms with van der Waals surface area (Å²) in [6.07, 6.45) is 6.59. The molecular formula is C21H27N3O2. The highest BCUT2D eigenvalue weighted by atomic mass is 16.2. The van der Waals surface area contributed by atoms with Gasteiger partial charge in [0.15, 0.2) is 0 Å². The van der Waals surface area contributed by atoms with E-state index in [1.165, 1.54) is 41.6 Å². The smallest absolute Gasteiger partial charge is 0.271 e. The lowest BCUT2D eigenvalue weighted by Crippen LogP contribution is -2.42. The third-order valence-corrected chi connectivity index (χ3v) is 5.32. The number of aryl methyl sites for hydroxylation is 1. The Kier molecular flexibility index (Phi) is 5.86. The van der Waals surface area contributed by atoms with Crippen molar-refractivity contribution in [2.24, 2.45) is 0 Å². The van der Waals surface area contributed by atoms with E-state index >= 15 is 0 Å². The molecule has 5 nitrogen and oxygen atoms in total. The van der Waals surface area contributed by atoms with Gasteiger partial charge in [0, 0.05) is 24.6 Å². The molecule has 1 aliphatic rings. The van der Waals surface area contributed by atoms with Gasteiger partial charge in [0.1, 0.15) is 5.69 Å². The molecule has 0 spiro atoms. The number of aromatic nitrogens is 2. The molecule has 1 fully saturated rings. The molecule has 0 atom stereocenters. The Labute approximate surface area is 154 Å². The number of hydrogen-bond donors (Lipinski definition) is 1. The minimum atomic E-state index is -0.212. The molecule has 0 bridgehead atoms. The van der Waals surface area contributed by atoms with Gasteiger partial charge in [-0.3, -0.25) is 9.59 Å². The van der Waals surface area contributed by atoms with E-state index in [1.54, 1.807) is 0 Å². The lowest BCUT2D eigenvalue weighted by Gasteiger charge is -2.38. The standard InChI is InChI=1S/C21H27N3O2/c1-2-15-24-19(25)12-11-18(23-24)20(26)22-16-21(13-7-4-8-14-21)17-9-5-3-6-10-17/h3,5-6,9-12H,2,4,7-8,13-16H2,1H3,(H,22,26). The van der Waals surface area contributed by atoms with Gasteiger partial charge in [0.2, 0.25) is 0 Å². The zero-order chi connectivity index (χ0) is 18.4. The van der Waals surface area contributed by atoms with Gasteiger partial charge < -0.3 is 5.32 Å². The summed E-state index contributed by atoms with van der Waals surface area (Å²) in [5.74, 6) is -0.212. The van der Waals surface area contributed by atoms with Crippen LogP contribution in [0.3, 0.4) is 0 Å². The predicted octanol–water partition coefficient (Wildman–Crippen LogP) is 3.29. The molecule has 0 saturated heterocycles. The average Bonchev–Trinajstić information content (AvgIpc) is 2.69. The fourth-order valence-electron chi connectivity index (χ4n) is 3.87. The van der Waals surface area contributed by atoms with Crippen LogP contribution in [-0.2, 0) is 12.0 Å². The van der Waals surface area contributed by atoms with Crippen molar-refractivity contribution in [2.75, 3.05) is 6.54 Å². The van der Waals surface area contributed by atoms with Crippen molar-refractivity contribution in [1.29, 1.82) is 0 Å². The summed E-state index contributed by atoms with van der Waals surface area (Å²) in [6, 6.07) is 13.4. The van der Waals surface area contributed by atoms with Crippen molar-refractivity contribution in [1.82, 2.24) is 15.1 Å². The SMILES string of the molecule is CCCn1nc(C(=O)NCC2(c3ccccc3)CCCCC2)ccc1=O. The Morgan fingerprint density at radius 3 is 2.54 bits per heavy atom. The Morgan fingerprint density at radius 1 is 1.12 bits per heavy atom. The fraction of sp³-hybridized carbons (Fsp3) is 0.476. The third-order valence-electron chi connectivity index (χ3n) is 5.32. The largest absolute Gasteiger partial charge is 0.350 e. The maximum atomic E-state index is 12.6. The van der Waals surface area contributed by atoms with Crippen LogP contribution in [0.5, 0.6) is 0 Å². The van der Waals surface area contributed by atoms with Gasteiger partial charge in [-0.2, -0.15) is 5.10 Å². The molecule has 2 aromatic rings. The van der Waals surface area contributed by atoms with Crippen molar-refractivity contribution in [2.45, 2.75) is 57.4 Å². The minimum absolute atomic E-state index is 0.00691. The summed E-state index contributed by atoms with van der Waals surface area (Å²) in [4.78, 5) is 24.4. The fourth-order valence-corrected chi connectivity index (χ4v) is 3.87. The number of nitrogens with zero attached hydrogens (tertiary/aromatic N) is 2. The summed E-state index contributed by atoms with van der Waals surface area (Å²) in [5.41, 5.74) is 1.42. The number of rotatable bonds is 6. The quantitative estimate of drug-likeness (QED) is 0.867. The molecule has 0 aliphatic heterocycles. The van der Waals surface area contributed by atoms with E-state index in [1.807, 2.05) is 13.0 Å². The normalized spacial score (nSPS) is 16.2. The average molecular weight is 353 g/mol. The zero-order valence-corrected chi connectivity index (χ0v) is 15.4. The van der Waals surface area contributed by atoms with Crippen LogP contribution in [0.4, 0.5) is 0 Å². The first kappa shape index (κ1) is 18.4. The molecule has 0 radical (unpaired) electrons. The molecule has 1 amide bonds. The van der Waals surface area contributed by atoms with E-state index in [-0.39, 0.29) is 16.9 Å². The second-order valence-electron chi connectivity index (χ2n) is 7.17. The first-order valence-corrected chi connectivity index (χ1v) is 9.56. The van der Waals surface area contributed by atoms with Crippen LogP contribution in [0.1, 0.15) is 61.5 Å². The van der Waals surface area contributed by atoms with Crippen LogP contribution >= 0.6 is 0 Å². The topological polar surface area (TPSA) is 64.0 Å². The highest BCUT2D eigenvalue weighted by Crippen LogP contribution is 2.38. The molecule has 1 aromatic heterocycles. The first-order chi connectivity index (χ1) is 12.6. The molecule has 1 N–H and O–H groups in total. The summed E-state index contributed by atoms with van der Waals surface area (Å²) in [7, 11) is 0. The van der Waals surface area contributed by atoms with Crippen LogP contribution in [-0.4, -0.2) is 22.2 Å². The zero-order valence-electron chi connectivity index (χ0n) is 15.4. The predicted molar refractivity (Wildman–Crippen MR) is 102 cm³/mol. The molecule has 1 aromatic carbocycles. The van der Waals surface area contributed by atoms with Gasteiger partial charge in [0.25, 0.3) is 11.5 Å². The van der Waals surface area contributed by atoms with Crippen molar-refractivity contribution in [3.8, 4) is 0 Å². The molecule has 26 heavy (non-hydrogen) atoms. The molecule has 138 valence electrons. The Balaban J connectivity index is 1.76. The van der Waals surface area contributed by atoms with E-state index in [0.29, 0.717) is 18.8 Å². The van der Waals surface area contributed by atoms with Gasteiger partial charge in [-0.05, 0) is 30.9 Å². The van der Waals surface area contributed by atoms with Gasteiger partial charge >= 0.3 is 0 Å². The highest BCUT2D eigenvalue weighted by molar-refractivity contribution is 5.92. The van der Waals surface area contributed by atoms with Gasteiger partial charge in [-0.25, -0.2) is 4.68 Å². The second kappa shape index (κ2) is 8.30. The van der Waals surface area contributed by atoms with E-state index in [4.69, 9.17) is 0 Å². The molecule has 3 rings (SSSR count). The van der Waals surface area contributed by atoms with Gasteiger partial charge in [0.05, 0.1) is 0 Å². The van der Waals surface area contributed by atoms with Crippen LogP contribution in [0.2, 0.25) is 0 Å². The minimum Gasteiger partial charge on any atom is -0.350 e. The van der Waals surface area contributed by atoms with E-state index in [2.05, 4.69) is 34.7 Å². The van der Waals surface area contributed by atoms with E-state index in [9.17, 15) is 9.59 Å². The maximum Gasteiger partial charge on any atom is 0.271 e. The number of amides is 1. The van der Waals surface area contributed by atoms with Gasteiger partial charge in [-0.15, -0.1) is 0 Å². The number of benzene rings is 1. The van der Waals surface area contributed by atoms with Crippen molar-refractivity contribution >= 4 is 5.91 Å². The molecular weight excluding hydrogens is 326 g/mol. The molecule has 1 saturated carbocycles. The molecule has 5 heteroatoms. The van der Waals surface area contributed by atoms with Crippen molar-refractivity contribution in [3.63, 3.8) is 0 Å². The van der Waals surface area contributed by atoms with Crippen LogP contribution in [0.25, 0.3) is 0 Å². The summed E-state index contributed by atoms with van der Waals surface area (Å²) in [6.45, 7) is 3.10.